The van der Waals surface area contributed by atoms with E-state index in [1.807, 2.05) is 6.92 Å². The highest BCUT2D eigenvalue weighted by Crippen LogP contribution is 2.55. The molecule has 1 saturated carbocycles. The monoisotopic (exact) mass is 211 g/mol. The first-order chi connectivity index (χ1) is 6.77. The molecule has 0 aromatic heterocycles. The maximum atomic E-state index is 11.4. The lowest BCUT2D eigenvalue weighted by Crippen LogP contribution is -2.57. The average molecular weight is 211 g/mol. The zero-order chi connectivity index (χ0) is 11.3. The highest BCUT2D eigenvalue weighted by Gasteiger charge is 2.53. The van der Waals surface area contributed by atoms with E-state index in [-0.39, 0.29) is 10.8 Å². The summed E-state index contributed by atoms with van der Waals surface area (Å²) in [5, 5.41) is 12.8. The van der Waals surface area contributed by atoms with Crippen LogP contribution in [0.15, 0.2) is 0 Å². The fraction of sp³-hybridized carbons (Fsp3) is 0.917. The lowest BCUT2D eigenvalue weighted by Gasteiger charge is -2.55. The van der Waals surface area contributed by atoms with Crippen molar-refractivity contribution in [1.29, 1.82) is 0 Å². The van der Waals surface area contributed by atoms with E-state index in [9.17, 15) is 9.90 Å². The van der Waals surface area contributed by atoms with E-state index in [0.29, 0.717) is 0 Å². The Kier molecular flexibility index (Phi) is 2.16. The predicted octanol–water partition coefficient (Wildman–Crippen LogP) is 1.88. The quantitative estimate of drug-likeness (QED) is 0.696. The van der Waals surface area contributed by atoms with Crippen LogP contribution >= 0.6 is 0 Å². The van der Waals surface area contributed by atoms with Gasteiger partial charge in [-0.15, -0.1) is 0 Å². The molecule has 2 aliphatic rings. The number of carbonyl (C=O) groups is 1. The topological polar surface area (TPSA) is 49.3 Å². The number of aliphatic carboxylic acids is 1. The third-order valence-electron chi connectivity index (χ3n) is 4.11. The molecule has 1 aliphatic heterocycles. The van der Waals surface area contributed by atoms with E-state index >= 15 is 0 Å². The summed E-state index contributed by atoms with van der Waals surface area (Å²) in [5.74, 6) is -0.624. The molecule has 1 aliphatic carbocycles. The van der Waals surface area contributed by atoms with Crippen molar-refractivity contribution in [1.82, 2.24) is 5.32 Å². The van der Waals surface area contributed by atoms with Crippen molar-refractivity contribution in [2.45, 2.75) is 40.0 Å². The summed E-state index contributed by atoms with van der Waals surface area (Å²) in [7, 11) is 0. The van der Waals surface area contributed by atoms with E-state index in [1.165, 1.54) is 0 Å². The first kappa shape index (κ1) is 10.9. The van der Waals surface area contributed by atoms with Gasteiger partial charge in [0.05, 0.1) is 5.41 Å². The Balaban J connectivity index is 2.32. The van der Waals surface area contributed by atoms with Gasteiger partial charge < -0.3 is 10.4 Å². The highest BCUT2D eigenvalue weighted by atomic mass is 16.4. The number of carboxylic acid groups (broad SMARTS) is 1. The molecule has 0 aromatic carbocycles. The van der Waals surface area contributed by atoms with Crippen molar-refractivity contribution in [2.75, 3.05) is 13.1 Å². The van der Waals surface area contributed by atoms with E-state index in [2.05, 4.69) is 19.2 Å². The Morgan fingerprint density at radius 2 is 1.53 bits per heavy atom. The smallest absolute Gasteiger partial charge is 0.309 e. The van der Waals surface area contributed by atoms with Crippen LogP contribution in [0.2, 0.25) is 0 Å². The molecule has 2 N–H and O–H groups in total. The van der Waals surface area contributed by atoms with Gasteiger partial charge in [-0.05, 0) is 37.0 Å². The number of nitrogens with one attached hydrogen (secondary N) is 1. The Morgan fingerprint density at radius 3 is 1.93 bits per heavy atom. The molecule has 3 nitrogen and oxygen atoms in total. The SMILES string of the molecule is CC12CNCC(C)(C1)CC(C)(C(=O)O)C2. The predicted molar refractivity (Wildman–Crippen MR) is 58.7 cm³/mol. The lowest BCUT2D eigenvalue weighted by atomic mass is 9.53. The van der Waals surface area contributed by atoms with Crippen molar-refractivity contribution < 1.29 is 9.90 Å². The molecule has 1 saturated heterocycles. The number of fused-ring (bicyclic) bond motifs is 2. The number of piperidine rings is 1. The van der Waals surface area contributed by atoms with Crippen LogP contribution in [0.3, 0.4) is 0 Å². The van der Waals surface area contributed by atoms with Gasteiger partial charge in [0.15, 0.2) is 0 Å². The Hall–Kier alpha value is -0.570. The molecule has 1 heterocycles. The number of carboxylic acids is 1. The summed E-state index contributed by atoms with van der Waals surface area (Å²) in [6.07, 6.45) is 2.77. The van der Waals surface area contributed by atoms with Gasteiger partial charge in [-0.3, -0.25) is 4.79 Å². The summed E-state index contributed by atoms with van der Waals surface area (Å²) >= 11 is 0. The summed E-state index contributed by atoms with van der Waals surface area (Å²) in [6.45, 7) is 8.28. The molecule has 0 radical (unpaired) electrons. The van der Waals surface area contributed by atoms with Crippen LogP contribution in [0.4, 0.5) is 0 Å². The van der Waals surface area contributed by atoms with Crippen molar-refractivity contribution in [3.8, 4) is 0 Å². The molecule has 2 fully saturated rings. The van der Waals surface area contributed by atoms with E-state index in [4.69, 9.17) is 0 Å². The molecule has 2 unspecified atom stereocenters. The standard InChI is InChI=1S/C12H21NO2/c1-10-4-11(2,8-13-7-10)6-12(3,5-10)9(14)15/h13H,4-8H2,1-3H3,(H,14,15). The second-order valence-corrected chi connectivity index (χ2v) is 6.62. The zero-order valence-electron chi connectivity index (χ0n) is 9.89. The zero-order valence-corrected chi connectivity index (χ0v) is 9.89. The van der Waals surface area contributed by atoms with Gasteiger partial charge >= 0.3 is 5.97 Å². The van der Waals surface area contributed by atoms with Crippen LogP contribution in [-0.4, -0.2) is 24.2 Å². The van der Waals surface area contributed by atoms with Crippen molar-refractivity contribution in [3.05, 3.63) is 0 Å². The van der Waals surface area contributed by atoms with Gasteiger partial charge in [0, 0.05) is 13.1 Å². The minimum Gasteiger partial charge on any atom is -0.481 e. The number of rotatable bonds is 1. The fourth-order valence-electron chi connectivity index (χ4n) is 4.17. The van der Waals surface area contributed by atoms with E-state index in [1.54, 1.807) is 0 Å². The first-order valence-corrected chi connectivity index (χ1v) is 5.71. The maximum absolute atomic E-state index is 11.4. The maximum Gasteiger partial charge on any atom is 0.309 e. The molecule has 2 bridgehead atoms. The van der Waals surface area contributed by atoms with Crippen LogP contribution in [0.5, 0.6) is 0 Å². The summed E-state index contributed by atoms with van der Waals surface area (Å²) in [4.78, 5) is 11.4. The minimum absolute atomic E-state index is 0.165. The Labute approximate surface area is 91.2 Å². The second kappa shape index (κ2) is 2.97. The normalized spacial score (nSPS) is 50.1. The van der Waals surface area contributed by atoms with Gasteiger partial charge in [-0.25, -0.2) is 0 Å². The molecule has 0 aromatic rings. The van der Waals surface area contributed by atoms with E-state index < -0.39 is 11.4 Å². The van der Waals surface area contributed by atoms with Gasteiger partial charge in [0.25, 0.3) is 0 Å². The second-order valence-electron chi connectivity index (χ2n) is 6.62. The summed E-state index contributed by atoms with van der Waals surface area (Å²) in [6, 6.07) is 0. The largest absolute Gasteiger partial charge is 0.481 e. The van der Waals surface area contributed by atoms with Crippen molar-refractivity contribution in [3.63, 3.8) is 0 Å². The van der Waals surface area contributed by atoms with Crippen LogP contribution in [0, 0.1) is 16.2 Å². The number of hydrogen-bond donors (Lipinski definition) is 2. The van der Waals surface area contributed by atoms with Gasteiger partial charge in [0.1, 0.15) is 0 Å². The lowest BCUT2D eigenvalue weighted by molar-refractivity contribution is -0.159. The molecule has 2 rings (SSSR count). The van der Waals surface area contributed by atoms with E-state index in [0.717, 1.165) is 32.4 Å². The molecule has 2 atom stereocenters. The fourth-order valence-corrected chi connectivity index (χ4v) is 4.17. The molecule has 15 heavy (non-hydrogen) atoms. The molecule has 3 heteroatoms. The molecular formula is C12H21NO2. The Bertz CT molecular complexity index is 284. The minimum atomic E-state index is -0.624. The van der Waals surface area contributed by atoms with Crippen molar-refractivity contribution in [2.24, 2.45) is 16.2 Å². The first-order valence-electron chi connectivity index (χ1n) is 5.71. The molecular weight excluding hydrogens is 190 g/mol. The summed E-state index contributed by atoms with van der Waals surface area (Å²) in [5.41, 5.74) is -0.194. The molecule has 86 valence electrons. The van der Waals surface area contributed by atoms with Crippen LogP contribution in [0.25, 0.3) is 0 Å². The third kappa shape index (κ3) is 1.78. The van der Waals surface area contributed by atoms with Crippen molar-refractivity contribution >= 4 is 5.97 Å². The van der Waals surface area contributed by atoms with Crippen LogP contribution in [-0.2, 0) is 4.79 Å². The average Bonchev–Trinajstić information content (AvgIpc) is 1.98. The number of hydrogen-bond acceptors (Lipinski definition) is 2. The molecule has 0 amide bonds. The molecule has 0 spiro atoms. The summed E-state index contributed by atoms with van der Waals surface area (Å²) < 4.78 is 0. The third-order valence-corrected chi connectivity index (χ3v) is 4.11. The van der Waals surface area contributed by atoms with Gasteiger partial charge in [-0.1, -0.05) is 13.8 Å². The van der Waals surface area contributed by atoms with Crippen LogP contribution < -0.4 is 5.32 Å². The highest BCUT2D eigenvalue weighted by molar-refractivity contribution is 5.74. The van der Waals surface area contributed by atoms with Gasteiger partial charge in [-0.2, -0.15) is 0 Å². The van der Waals surface area contributed by atoms with Gasteiger partial charge in [0.2, 0.25) is 0 Å². The van der Waals surface area contributed by atoms with Crippen LogP contribution in [0.1, 0.15) is 40.0 Å². The Morgan fingerprint density at radius 1 is 1.07 bits per heavy atom.